The molecule has 1 aliphatic rings. The van der Waals surface area contributed by atoms with E-state index >= 15 is 0 Å². The molecule has 1 fully saturated rings. The highest BCUT2D eigenvalue weighted by atomic mass is 19.1. The second-order valence-electron chi connectivity index (χ2n) is 6.49. The predicted octanol–water partition coefficient (Wildman–Crippen LogP) is 2.07. The molecular formula is C19H17FN4O3. The quantitative estimate of drug-likeness (QED) is 0.758. The lowest BCUT2D eigenvalue weighted by molar-refractivity contribution is -0.0360. The summed E-state index contributed by atoms with van der Waals surface area (Å²) in [5.74, 6) is -0.255. The highest BCUT2D eigenvalue weighted by molar-refractivity contribution is 5.92. The number of halogens is 1. The molecule has 0 spiro atoms. The number of amides is 1. The molecule has 138 valence electrons. The van der Waals surface area contributed by atoms with Crippen molar-refractivity contribution in [2.24, 2.45) is 0 Å². The maximum atomic E-state index is 13.3. The van der Waals surface area contributed by atoms with Crippen LogP contribution in [0.25, 0.3) is 11.3 Å². The summed E-state index contributed by atoms with van der Waals surface area (Å²) in [6.45, 7) is 2.08. The number of benzene rings is 1. The molecule has 27 heavy (non-hydrogen) atoms. The van der Waals surface area contributed by atoms with Gasteiger partial charge < -0.3 is 14.4 Å². The van der Waals surface area contributed by atoms with Crippen molar-refractivity contribution in [1.29, 1.82) is 0 Å². The van der Waals surface area contributed by atoms with Crippen LogP contribution >= 0.6 is 0 Å². The lowest BCUT2D eigenvalue weighted by atomic mass is 10.0. The number of rotatable bonds is 4. The summed E-state index contributed by atoms with van der Waals surface area (Å²) in [5.41, 5.74) is 2.02. The minimum absolute atomic E-state index is 0.202. The van der Waals surface area contributed by atoms with Crippen LogP contribution in [0.15, 0.2) is 47.1 Å². The molecule has 1 aromatic carbocycles. The molecule has 1 N–H and O–H groups in total. The molecule has 0 unspecified atom stereocenters. The van der Waals surface area contributed by atoms with Crippen molar-refractivity contribution in [1.82, 2.24) is 20.1 Å². The van der Waals surface area contributed by atoms with E-state index < -0.39 is 6.10 Å². The Hall–Kier alpha value is -3.13. The van der Waals surface area contributed by atoms with Crippen LogP contribution in [0.4, 0.5) is 4.39 Å². The van der Waals surface area contributed by atoms with E-state index in [1.165, 1.54) is 18.4 Å². The first-order chi connectivity index (χ1) is 13.0. The molecule has 3 heterocycles. The SMILES string of the molecule is C[C@H]1[C@@H](O)CN1C(=O)c1coc(Cc2ccc(-c3cccc(F)c3)nn2)n1. The first kappa shape index (κ1) is 17.3. The van der Waals surface area contributed by atoms with Crippen molar-refractivity contribution in [3.63, 3.8) is 0 Å². The van der Waals surface area contributed by atoms with Crippen LogP contribution in [-0.2, 0) is 6.42 Å². The fourth-order valence-corrected chi connectivity index (χ4v) is 2.91. The molecule has 0 bridgehead atoms. The van der Waals surface area contributed by atoms with Gasteiger partial charge in [-0.05, 0) is 31.2 Å². The van der Waals surface area contributed by atoms with E-state index in [4.69, 9.17) is 4.42 Å². The Labute approximate surface area is 154 Å². The van der Waals surface area contributed by atoms with Crippen LogP contribution in [0, 0.1) is 5.82 Å². The minimum atomic E-state index is -0.493. The zero-order valence-electron chi connectivity index (χ0n) is 14.5. The summed E-state index contributed by atoms with van der Waals surface area (Å²) >= 11 is 0. The third-order valence-corrected chi connectivity index (χ3v) is 4.64. The Balaban J connectivity index is 1.44. The van der Waals surface area contributed by atoms with Crippen LogP contribution in [-0.4, -0.2) is 49.8 Å². The average Bonchev–Trinajstić information content (AvgIpc) is 3.14. The van der Waals surface area contributed by atoms with Crippen LogP contribution in [0.1, 0.15) is 29.0 Å². The molecule has 4 rings (SSSR count). The second-order valence-corrected chi connectivity index (χ2v) is 6.49. The number of nitrogens with zero attached hydrogens (tertiary/aromatic N) is 4. The number of likely N-dealkylation sites (tertiary alicyclic amines) is 1. The lowest BCUT2D eigenvalue weighted by Gasteiger charge is -2.42. The van der Waals surface area contributed by atoms with Crippen molar-refractivity contribution in [2.75, 3.05) is 6.54 Å². The molecule has 1 aliphatic heterocycles. The van der Waals surface area contributed by atoms with Gasteiger partial charge in [0.05, 0.1) is 30.0 Å². The number of β-amino-alcohol motifs (C(OH)–C–C–N with tert-alkyl or cyclic N) is 1. The first-order valence-electron chi connectivity index (χ1n) is 8.53. The standard InChI is InChI=1S/C19H17FN4O3/c1-11-17(25)9-24(11)19(26)16-10-27-18(21-16)8-14-5-6-15(23-22-14)12-3-2-4-13(20)7-12/h2-7,10-11,17,25H,8-9H2,1H3/t11-,17-/m0/s1. The number of aromatic nitrogens is 3. The van der Waals surface area contributed by atoms with Crippen LogP contribution in [0.2, 0.25) is 0 Å². The molecule has 7 nitrogen and oxygen atoms in total. The minimum Gasteiger partial charge on any atom is -0.448 e. The molecule has 2 aromatic heterocycles. The molecule has 8 heteroatoms. The maximum Gasteiger partial charge on any atom is 0.276 e. The zero-order chi connectivity index (χ0) is 19.0. The third-order valence-electron chi connectivity index (χ3n) is 4.64. The van der Waals surface area contributed by atoms with Crippen molar-refractivity contribution < 1.29 is 18.7 Å². The van der Waals surface area contributed by atoms with Gasteiger partial charge in [0.2, 0.25) is 5.89 Å². The highest BCUT2D eigenvalue weighted by Gasteiger charge is 2.38. The number of hydrogen-bond acceptors (Lipinski definition) is 6. The molecule has 0 saturated carbocycles. The number of carbonyl (C=O) groups is 1. The largest absolute Gasteiger partial charge is 0.448 e. The Bertz CT molecular complexity index is 973. The topological polar surface area (TPSA) is 92.3 Å². The first-order valence-corrected chi connectivity index (χ1v) is 8.53. The Morgan fingerprint density at radius 1 is 1.33 bits per heavy atom. The van der Waals surface area contributed by atoms with Gasteiger partial charge in [-0.2, -0.15) is 10.2 Å². The van der Waals surface area contributed by atoms with Crippen LogP contribution in [0.3, 0.4) is 0 Å². The highest BCUT2D eigenvalue weighted by Crippen LogP contribution is 2.21. The van der Waals surface area contributed by atoms with Gasteiger partial charge in [0.1, 0.15) is 12.1 Å². The predicted molar refractivity (Wildman–Crippen MR) is 93.2 cm³/mol. The summed E-state index contributed by atoms with van der Waals surface area (Å²) in [4.78, 5) is 18.1. The number of aliphatic hydroxyl groups excluding tert-OH is 1. The molecule has 2 atom stereocenters. The molecular weight excluding hydrogens is 351 g/mol. The van der Waals surface area contributed by atoms with E-state index in [0.29, 0.717) is 29.4 Å². The van der Waals surface area contributed by atoms with E-state index in [2.05, 4.69) is 15.2 Å². The van der Waals surface area contributed by atoms with E-state index in [-0.39, 0.29) is 29.9 Å². The number of aliphatic hydroxyl groups is 1. The van der Waals surface area contributed by atoms with Crippen molar-refractivity contribution >= 4 is 5.91 Å². The van der Waals surface area contributed by atoms with Gasteiger partial charge in [-0.15, -0.1) is 0 Å². The molecule has 0 radical (unpaired) electrons. The molecule has 1 saturated heterocycles. The van der Waals surface area contributed by atoms with E-state index in [0.717, 1.165) is 0 Å². The average molecular weight is 368 g/mol. The second kappa shape index (κ2) is 6.88. The normalized spacial score (nSPS) is 19.0. The molecule has 0 aliphatic carbocycles. The van der Waals surface area contributed by atoms with E-state index in [9.17, 15) is 14.3 Å². The van der Waals surface area contributed by atoms with Gasteiger partial charge in [0, 0.05) is 12.1 Å². The van der Waals surface area contributed by atoms with Gasteiger partial charge >= 0.3 is 0 Å². The van der Waals surface area contributed by atoms with Gasteiger partial charge in [0.25, 0.3) is 5.91 Å². The van der Waals surface area contributed by atoms with E-state index in [1.54, 1.807) is 36.1 Å². The number of oxazole rings is 1. The number of carbonyl (C=O) groups excluding carboxylic acids is 1. The van der Waals surface area contributed by atoms with Crippen molar-refractivity contribution in [3.05, 3.63) is 65.8 Å². The smallest absolute Gasteiger partial charge is 0.276 e. The third kappa shape index (κ3) is 3.43. The molecule has 3 aromatic rings. The van der Waals surface area contributed by atoms with Crippen LogP contribution < -0.4 is 0 Å². The summed E-state index contributed by atoms with van der Waals surface area (Å²) in [6, 6.07) is 9.41. The maximum absolute atomic E-state index is 13.3. The summed E-state index contributed by atoms with van der Waals surface area (Å²) in [7, 11) is 0. The Morgan fingerprint density at radius 2 is 2.19 bits per heavy atom. The summed E-state index contributed by atoms with van der Waals surface area (Å²) in [6.07, 6.45) is 1.10. The van der Waals surface area contributed by atoms with Crippen molar-refractivity contribution in [2.45, 2.75) is 25.5 Å². The molecule has 1 amide bonds. The van der Waals surface area contributed by atoms with Crippen LogP contribution in [0.5, 0.6) is 0 Å². The zero-order valence-corrected chi connectivity index (χ0v) is 14.5. The fraction of sp³-hybridized carbons (Fsp3) is 0.263. The van der Waals surface area contributed by atoms with Gasteiger partial charge in [-0.3, -0.25) is 4.79 Å². The van der Waals surface area contributed by atoms with E-state index in [1.807, 2.05) is 0 Å². The fourth-order valence-electron chi connectivity index (χ4n) is 2.91. The van der Waals surface area contributed by atoms with Gasteiger partial charge in [0.15, 0.2) is 5.69 Å². The van der Waals surface area contributed by atoms with Crippen molar-refractivity contribution in [3.8, 4) is 11.3 Å². The monoisotopic (exact) mass is 368 g/mol. The number of hydrogen-bond donors (Lipinski definition) is 1. The van der Waals surface area contributed by atoms with Gasteiger partial charge in [-0.1, -0.05) is 12.1 Å². The lowest BCUT2D eigenvalue weighted by Crippen LogP contribution is -2.60. The van der Waals surface area contributed by atoms with Gasteiger partial charge in [-0.25, -0.2) is 9.37 Å². The Kier molecular flexibility index (Phi) is 4.41. The Morgan fingerprint density at radius 3 is 2.85 bits per heavy atom. The summed E-state index contributed by atoms with van der Waals surface area (Å²) < 4.78 is 18.7. The summed E-state index contributed by atoms with van der Waals surface area (Å²) in [5, 5.41) is 17.8.